The smallest absolute Gasteiger partial charge is 0.203 e. The van der Waals surface area contributed by atoms with Gasteiger partial charge in [-0.05, 0) is 22.0 Å². The Balaban J connectivity index is 3.01. The Bertz CT molecular complexity index is 478. The maximum absolute atomic E-state index is 11.4. The molecule has 0 unspecified atom stereocenters. The van der Waals surface area contributed by atoms with Crippen LogP contribution >= 0.6 is 15.9 Å². The average Bonchev–Trinajstić information content (AvgIpc) is 2.12. The third-order valence-corrected chi connectivity index (χ3v) is 2.23. The van der Waals surface area contributed by atoms with E-state index < -0.39 is 0 Å². The molecular formula is C8H5BrN2O. The molecule has 0 aliphatic heterocycles. The molecule has 0 saturated heterocycles. The van der Waals surface area contributed by atoms with E-state index in [1.54, 1.807) is 24.7 Å². The number of fused-ring (bicyclic) bond motifs is 1. The molecule has 12 heavy (non-hydrogen) atoms. The molecule has 0 fully saturated rings. The predicted octanol–water partition coefficient (Wildman–Crippen LogP) is 1.69. The molecule has 2 aromatic rings. The summed E-state index contributed by atoms with van der Waals surface area (Å²) in [6.45, 7) is 0. The molecule has 1 N–H and O–H groups in total. The molecule has 0 saturated carbocycles. The van der Waals surface area contributed by atoms with Gasteiger partial charge in [-0.3, -0.25) is 9.78 Å². The van der Waals surface area contributed by atoms with Crippen molar-refractivity contribution in [2.75, 3.05) is 0 Å². The molecule has 4 heteroatoms. The van der Waals surface area contributed by atoms with Crippen molar-refractivity contribution in [3.63, 3.8) is 0 Å². The van der Waals surface area contributed by atoms with Gasteiger partial charge in [0.2, 0.25) is 5.43 Å². The summed E-state index contributed by atoms with van der Waals surface area (Å²) in [7, 11) is 0. The number of aromatic amines is 1. The Morgan fingerprint density at radius 1 is 1.50 bits per heavy atom. The summed E-state index contributed by atoms with van der Waals surface area (Å²) < 4.78 is 0.543. The molecule has 0 spiro atoms. The summed E-state index contributed by atoms with van der Waals surface area (Å²) in [5.41, 5.74) is 0.747. The van der Waals surface area contributed by atoms with Crippen LogP contribution in [-0.4, -0.2) is 9.97 Å². The molecule has 0 radical (unpaired) electrons. The van der Waals surface area contributed by atoms with Crippen LogP contribution in [0.4, 0.5) is 0 Å². The number of aromatic nitrogens is 2. The van der Waals surface area contributed by atoms with Crippen LogP contribution < -0.4 is 5.43 Å². The molecule has 0 aliphatic rings. The number of hydrogen-bond acceptors (Lipinski definition) is 2. The number of rotatable bonds is 0. The van der Waals surface area contributed by atoms with Gasteiger partial charge < -0.3 is 4.98 Å². The van der Waals surface area contributed by atoms with Crippen molar-refractivity contribution < 1.29 is 0 Å². The molecule has 0 aromatic carbocycles. The van der Waals surface area contributed by atoms with Crippen molar-refractivity contribution in [3.05, 3.63) is 39.4 Å². The second kappa shape index (κ2) is 2.71. The van der Waals surface area contributed by atoms with Crippen LogP contribution in [0.25, 0.3) is 10.9 Å². The van der Waals surface area contributed by atoms with Gasteiger partial charge >= 0.3 is 0 Å². The van der Waals surface area contributed by atoms with Crippen LogP contribution in [0.3, 0.4) is 0 Å². The highest BCUT2D eigenvalue weighted by atomic mass is 79.9. The first-order chi connectivity index (χ1) is 5.79. The minimum atomic E-state index is -0.00819. The number of nitrogens with one attached hydrogen (secondary N) is 1. The third kappa shape index (κ3) is 1.04. The van der Waals surface area contributed by atoms with Crippen LogP contribution in [0.15, 0.2) is 33.9 Å². The van der Waals surface area contributed by atoms with Crippen LogP contribution in [0.5, 0.6) is 0 Å². The lowest BCUT2D eigenvalue weighted by molar-refractivity contribution is 1.29. The first-order valence-electron chi connectivity index (χ1n) is 3.40. The molecule has 0 atom stereocenters. The monoisotopic (exact) mass is 224 g/mol. The summed E-state index contributed by atoms with van der Waals surface area (Å²) in [5, 5.41) is 0.652. The average molecular weight is 225 g/mol. The number of pyridine rings is 2. The van der Waals surface area contributed by atoms with E-state index in [1.165, 1.54) is 0 Å². The molecular weight excluding hydrogens is 220 g/mol. The van der Waals surface area contributed by atoms with Crippen molar-refractivity contribution in [2.45, 2.75) is 0 Å². The van der Waals surface area contributed by atoms with Gasteiger partial charge in [0.25, 0.3) is 0 Å². The Kier molecular flexibility index (Phi) is 1.69. The molecule has 0 aliphatic carbocycles. The Hall–Kier alpha value is -1.16. The Labute approximate surface area is 76.6 Å². The fourth-order valence-corrected chi connectivity index (χ4v) is 1.37. The van der Waals surface area contributed by atoms with E-state index in [9.17, 15) is 4.79 Å². The van der Waals surface area contributed by atoms with Gasteiger partial charge in [0, 0.05) is 17.8 Å². The fraction of sp³-hybridized carbons (Fsp3) is 0. The third-order valence-electron chi connectivity index (χ3n) is 1.64. The summed E-state index contributed by atoms with van der Waals surface area (Å²) in [5.74, 6) is 0. The van der Waals surface area contributed by atoms with Crippen LogP contribution in [0, 0.1) is 0 Å². The summed E-state index contributed by atoms with van der Waals surface area (Å²) in [6, 6.07) is 1.69. The van der Waals surface area contributed by atoms with Crippen molar-refractivity contribution in [3.8, 4) is 0 Å². The highest BCUT2D eigenvalue weighted by molar-refractivity contribution is 9.10. The van der Waals surface area contributed by atoms with E-state index in [2.05, 4.69) is 25.9 Å². The number of H-pyrrole nitrogens is 1. The molecule has 3 nitrogen and oxygen atoms in total. The number of hydrogen-bond donors (Lipinski definition) is 1. The maximum atomic E-state index is 11.4. The minimum Gasteiger partial charge on any atom is -0.359 e. The maximum Gasteiger partial charge on any atom is 0.203 e. The van der Waals surface area contributed by atoms with E-state index in [-0.39, 0.29) is 5.43 Å². The van der Waals surface area contributed by atoms with Crippen molar-refractivity contribution in [1.29, 1.82) is 0 Å². The zero-order chi connectivity index (χ0) is 8.55. The highest BCUT2D eigenvalue weighted by Crippen LogP contribution is 2.08. The van der Waals surface area contributed by atoms with E-state index >= 15 is 0 Å². The van der Waals surface area contributed by atoms with Gasteiger partial charge in [-0.2, -0.15) is 0 Å². The van der Waals surface area contributed by atoms with Gasteiger partial charge in [0.1, 0.15) is 0 Å². The van der Waals surface area contributed by atoms with Crippen LogP contribution in [0.2, 0.25) is 0 Å². The predicted molar refractivity (Wildman–Crippen MR) is 50.1 cm³/mol. The summed E-state index contributed by atoms with van der Waals surface area (Å²) >= 11 is 3.15. The van der Waals surface area contributed by atoms with E-state index in [0.29, 0.717) is 9.86 Å². The summed E-state index contributed by atoms with van der Waals surface area (Å²) in [4.78, 5) is 18.3. The van der Waals surface area contributed by atoms with Crippen molar-refractivity contribution >= 4 is 26.8 Å². The topological polar surface area (TPSA) is 45.8 Å². The standard InChI is InChI=1S/C8H5BrN2O/c9-6-3-11-7-4-10-2-1-5(7)8(6)12/h1-4H,(H,11,12). The van der Waals surface area contributed by atoms with Gasteiger partial charge in [0.05, 0.1) is 16.2 Å². The van der Waals surface area contributed by atoms with E-state index in [4.69, 9.17) is 0 Å². The SMILES string of the molecule is O=c1c(Br)c[nH]c2cnccc12. The van der Waals surface area contributed by atoms with Gasteiger partial charge in [-0.1, -0.05) is 0 Å². The number of halogens is 1. The highest BCUT2D eigenvalue weighted by Gasteiger charge is 2.00. The Morgan fingerprint density at radius 2 is 2.33 bits per heavy atom. The second-order valence-corrected chi connectivity index (χ2v) is 3.24. The molecule has 60 valence electrons. The molecule has 2 heterocycles. The second-order valence-electron chi connectivity index (χ2n) is 2.39. The van der Waals surface area contributed by atoms with Gasteiger partial charge in [0.15, 0.2) is 0 Å². The van der Waals surface area contributed by atoms with Crippen LogP contribution in [-0.2, 0) is 0 Å². The minimum absolute atomic E-state index is 0.00819. The van der Waals surface area contributed by atoms with E-state index in [1.807, 2.05) is 0 Å². The van der Waals surface area contributed by atoms with Crippen molar-refractivity contribution in [2.24, 2.45) is 0 Å². The van der Waals surface area contributed by atoms with Gasteiger partial charge in [-0.25, -0.2) is 0 Å². The molecule has 2 rings (SSSR count). The summed E-state index contributed by atoms with van der Waals surface area (Å²) in [6.07, 6.45) is 4.85. The van der Waals surface area contributed by atoms with Crippen LogP contribution in [0.1, 0.15) is 0 Å². The lowest BCUT2D eigenvalue weighted by Gasteiger charge is -1.95. The van der Waals surface area contributed by atoms with E-state index in [0.717, 1.165) is 5.52 Å². The lowest BCUT2D eigenvalue weighted by Crippen LogP contribution is -2.03. The zero-order valence-corrected chi connectivity index (χ0v) is 7.63. The normalized spacial score (nSPS) is 10.4. The number of nitrogens with zero attached hydrogens (tertiary/aromatic N) is 1. The van der Waals surface area contributed by atoms with Gasteiger partial charge in [-0.15, -0.1) is 0 Å². The molecule has 0 amide bonds. The largest absolute Gasteiger partial charge is 0.359 e. The Morgan fingerprint density at radius 3 is 3.17 bits per heavy atom. The first kappa shape index (κ1) is 7.49. The molecule has 2 aromatic heterocycles. The quantitative estimate of drug-likeness (QED) is 0.741. The fourth-order valence-electron chi connectivity index (χ4n) is 1.04. The first-order valence-corrected chi connectivity index (χ1v) is 4.19. The molecule has 0 bridgehead atoms. The zero-order valence-electron chi connectivity index (χ0n) is 6.04. The van der Waals surface area contributed by atoms with Crippen molar-refractivity contribution in [1.82, 2.24) is 9.97 Å². The lowest BCUT2D eigenvalue weighted by atomic mass is 10.3.